The Morgan fingerprint density at radius 1 is 1.22 bits per heavy atom. The van der Waals surface area contributed by atoms with E-state index in [1.807, 2.05) is 6.92 Å². The minimum Gasteiger partial charge on any atom is -0.349 e. The Kier molecular flexibility index (Phi) is 6.20. The van der Waals surface area contributed by atoms with Crippen LogP contribution >= 0.6 is 0 Å². The third kappa shape index (κ3) is 4.33. The summed E-state index contributed by atoms with van der Waals surface area (Å²) < 4.78 is 28.4. The second-order valence-corrected chi connectivity index (χ2v) is 7.68. The van der Waals surface area contributed by atoms with Gasteiger partial charge in [-0.3, -0.25) is 4.79 Å². The second-order valence-electron chi connectivity index (χ2n) is 5.75. The van der Waals surface area contributed by atoms with Crippen molar-refractivity contribution in [3.05, 3.63) is 18.0 Å². The molecule has 1 aliphatic rings. The van der Waals surface area contributed by atoms with Crippen LogP contribution in [0, 0.1) is 0 Å². The predicted molar refractivity (Wildman–Crippen MR) is 88.9 cm³/mol. The molecule has 2 rings (SSSR count). The Morgan fingerprint density at radius 3 is 2.57 bits per heavy atom. The molecule has 0 bridgehead atoms. The van der Waals surface area contributed by atoms with Crippen molar-refractivity contribution >= 4 is 15.9 Å². The fourth-order valence-electron chi connectivity index (χ4n) is 2.69. The van der Waals surface area contributed by atoms with Crippen LogP contribution in [0.1, 0.15) is 36.7 Å². The average Bonchev–Trinajstić information content (AvgIpc) is 2.95. The zero-order chi connectivity index (χ0) is 16.9. The minimum atomic E-state index is -3.51. The van der Waals surface area contributed by atoms with Gasteiger partial charge < -0.3 is 15.2 Å². The summed E-state index contributed by atoms with van der Waals surface area (Å²) >= 11 is 0. The van der Waals surface area contributed by atoms with Crippen LogP contribution in [0.15, 0.2) is 17.2 Å². The van der Waals surface area contributed by atoms with Crippen LogP contribution in [-0.2, 0) is 17.1 Å². The molecule has 0 aliphatic carbocycles. The lowest BCUT2D eigenvalue weighted by Crippen LogP contribution is -2.35. The lowest BCUT2D eigenvalue weighted by molar-refractivity contribution is 0.0946. The zero-order valence-electron chi connectivity index (χ0n) is 13.8. The Morgan fingerprint density at radius 2 is 1.91 bits per heavy atom. The van der Waals surface area contributed by atoms with Gasteiger partial charge in [0.15, 0.2) is 0 Å². The van der Waals surface area contributed by atoms with Gasteiger partial charge in [0.1, 0.15) is 10.6 Å². The largest absolute Gasteiger partial charge is 0.349 e. The predicted octanol–water partition coefficient (Wildman–Crippen LogP) is 0.539. The van der Waals surface area contributed by atoms with Crippen molar-refractivity contribution in [2.24, 2.45) is 7.05 Å². The number of amides is 1. The van der Waals surface area contributed by atoms with Gasteiger partial charge in [-0.15, -0.1) is 0 Å². The number of nitrogens with zero attached hydrogens (tertiary/aromatic N) is 2. The number of sulfonamides is 1. The molecule has 23 heavy (non-hydrogen) atoms. The molecule has 2 heterocycles. The molecule has 0 atom stereocenters. The number of carbonyl (C=O) groups is 1. The standard InChI is InChI=1S/C15H26N4O3S/c1-3-16-7-8-17-15(20)14-11-13(12-18(14)2)23(21,22)19-9-5-4-6-10-19/h11-12,16H,3-10H2,1-2H3,(H,17,20). The average molecular weight is 342 g/mol. The van der Waals surface area contributed by atoms with E-state index in [4.69, 9.17) is 0 Å². The number of nitrogens with one attached hydrogen (secondary N) is 2. The molecule has 1 aromatic heterocycles. The first-order chi connectivity index (χ1) is 11.0. The number of hydrogen-bond acceptors (Lipinski definition) is 4. The first kappa shape index (κ1) is 18.0. The van der Waals surface area contributed by atoms with E-state index in [9.17, 15) is 13.2 Å². The summed E-state index contributed by atoms with van der Waals surface area (Å²) in [6, 6.07) is 1.46. The van der Waals surface area contributed by atoms with Crippen molar-refractivity contribution in [2.75, 3.05) is 32.7 Å². The Labute approximate surface area is 138 Å². The number of piperidine rings is 1. The van der Waals surface area contributed by atoms with Crippen molar-refractivity contribution < 1.29 is 13.2 Å². The molecule has 7 nitrogen and oxygen atoms in total. The number of likely N-dealkylation sites (N-methyl/N-ethyl adjacent to an activating group) is 1. The van der Waals surface area contributed by atoms with Crippen LogP contribution in [-0.4, -0.2) is 55.9 Å². The van der Waals surface area contributed by atoms with Crippen LogP contribution in [0.3, 0.4) is 0 Å². The summed E-state index contributed by atoms with van der Waals surface area (Å²) in [5.41, 5.74) is 0.358. The first-order valence-electron chi connectivity index (χ1n) is 8.12. The molecule has 1 aliphatic heterocycles. The summed E-state index contributed by atoms with van der Waals surface area (Å²) in [6.45, 7) is 5.15. The summed E-state index contributed by atoms with van der Waals surface area (Å²) in [6.07, 6.45) is 4.37. The van der Waals surface area contributed by atoms with E-state index < -0.39 is 10.0 Å². The zero-order valence-corrected chi connectivity index (χ0v) is 14.7. The fraction of sp³-hybridized carbons (Fsp3) is 0.667. The van der Waals surface area contributed by atoms with Crippen LogP contribution in [0.4, 0.5) is 0 Å². The highest BCUT2D eigenvalue weighted by atomic mass is 32.2. The monoisotopic (exact) mass is 342 g/mol. The van der Waals surface area contributed by atoms with Gasteiger partial charge in [-0.25, -0.2) is 8.42 Å². The van der Waals surface area contributed by atoms with Crippen molar-refractivity contribution in [1.29, 1.82) is 0 Å². The number of aryl methyl sites for hydroxylation is 1. The second kappa shape index (κ2) is 7.94. The van der Waals surface area contributed by atoms with Gasteiger partial charge in [-0.05, 0) is 25.5 Å². The van der Waals surface area contributed by atoms with Crippen molar-refractivity contribution in [2.45, 2.75) is 31.1 Å². The van der Waals surface area contributed by atoms with E-state index in [0.717, 1.165) is 25.8 Å². The molecule has 2 N–H and O–H groups in total. The number of rotatable bonds is 7. The normalized spacial score (nSPS) is 16.4. The van der Waals surface area contributed by atoms with Gasteiger partial charge in [0.25, 0.3) is 5.91 Å². The van der Waals surface area contributed by atoms with Crippen LogP contribution in [0.5, 0.6) is 0 Å². The van der Waals surface area contributed by atoms with Gasteiger partial charge >= 0.3 is 0 Å². The van der Waals surface area contributed by atoms with Crippen molar-refractivity contribution in [3.8, 4) is 0 Å². The topological polar surface area (TPSA) is 83.4 Å². The van der Waals surface area contributed by atoms with Gasteiger partial charge in [0.05, 0.1) is 0 Å². The minimum absolute atomic E-state index is 0.193. The maximum Gasteiger partial charge on any atom is 0.267 e. The molecular weight excluding hydrogens is 316 g/mol. The lowest BCUT2D eigenvalue weighted by atomic mass is 10.2. The fourth-order valence-corrected chi connectivity index (χ4v) is 4.28. The molecule has 130 valence electrons. The smallest absolute Gasteiger partial charge is 0.267 e. The molecule has 1 fully saturated rings. The van der Waals surface area contributed by atoms with Gasteiger partial charge in [-0.1, -0.05) is 13.3 Å². The first-order valence-corrected chi connectivity index (χ1v) is 9.56. The van der Waals surface area contributed by atoms with Crippen LogP contribution < -0.4 is 10.6 Å². The lowest BCUT2D eigenvalue weighted by Gasteiger charge is -2.25. The highest BCUT2D eigenvalue weighted by Crippen LogP contribution is 2.22. The molecule has 1 aromatic rings. The summed E-state index contributed by atoms with van der Waals surface area (Å²) in [5.74, 6) is -0.259. The van der Waals surface area contributed by atoms with Gasteiger partial charge in [0.2, 0.25) is 10.0 Å². The third-order valence-corrected chi connectivity index (χ3v) is 5.87. The highest BCUT2D eigenvalue weighted by molar-refractivity contribution is 7.89. The molecule has 0 radical (unpaired) electrons. The summed E-state index contributed by atoms with van der Waals surface area (Å²) in [4.78, 5) is 12.4. The number of hydrogen-bond donors (Lipinski definition) is 2. The molecule has 1 saturated heterocycles. The van der Waals surface area contributed by atoms with E-state index >= 15 is 0 Å². The number of carbonyl (C=O) groups excluding carboxylic acids is 1. The molecule has 0 spiro atoms. The maximum atomic E-state index is 12.6. The van der Waals surface area contributed by atoms with E-state index in [-0.39, 0.29) is 10.8 Å². The quantitative estimate of drug-likeness (QED) is 0.709. The molecule has 0 aromatic carbocycles. The van der Waals surface area contributed by atoms with Crippen molar-refractivity contribution in [1.82, 2.24) is 19.5 Å². The third-order valence-electron chi connectivity index (χ3n) is 4.00. The molecule has 0 saturated carbocycles. The SMILES string of the molecule is CCNCCNC(=O)c1cc(S(=O)(=O)N2CCCCC2)cn1C. The Hall–Kier alpha value is -1.38. The summed E-state index contributed by atoms with van der Waals surface area (Å²) in [7, 11) is -1.82. The Balaban J connectivity index is 2.09. The maximum absolute atomic E-state index is 12.6. The van der Waals surface area contributed by atoms with Crippen LogP contribution in [0.2, 0.25) is 0 Å². The van der Waals surface area contributed by atoms with Crippen molar-refractivity contribution in [3.63, 3.8) is 0 Å². The number of aromatic nitrogens is 1. The molecule has 1 amide bonds. The van der Waals surface area contributed by atoms with E-state index in [1.54, 1.807) is 11.6 Å². The van der Waals surface area contributed by atoms with E-state index in [2.05, 4.69) is 10.6 Å². The van der Waals surface area contributed by atoms with E-state index in [1.165, 1.54) is 16.6 Å². The van der Waals surface area contributed by atoms with Gasteiger partial charge in [-0.2, -0.15) is 4.31 Å². The van der Waals surface area contributed by atoms with Crippen LogP contribution in [0.25, 0.3) is 0 Å². The van der Waals surface area contributed by atoms with E-state index in [0.29, 0.717) is 31.9 Å². The van der Waals surface area contributed by atoms with Gasteiger partial charge in [0, 0.05) is 39.4 Å². The molecule has 0 unspecified atom stereocenters. The molecular formula is C15H26N4O3S. The Bertz CT molecular complexity index is 633. The molecule has 8 heteroatoms. The summed E-state index contributed by atoms with van der Waals surface area (Å²) in [5, 5.41) is 5.91. The highest BCUT2D eigenvalue weighted by Gasteiger charge is 2.28.